The van der Waals surface area contributed by atoms with Gasteiger partial charge in [0, 0.05) is 26.2 Å². The van der Waals surface area contributed by atoms with Crippen LogP contribution in [0.15, 0.2) is 66.1 Å². The highest BCUT2D eigenvalue weighted by Gasteiger charge is 2.25. The predicted octanol–water partition coefficient (Wildman–Crippen LogP) is 5.96. The lowest BCUT2D eigenvalue weighted by Crippen LogP contribution is -2.43. The summed E-state index contributed by atoms with van der Waals surface area (Å²) in [5.41, 5.74) is 1.78. The standard InChI is InChI=1S/C28H21Cl2F2N9O2S2/c29-15-3-1-6-20(21(15)30)45(42,43)39-17-8-7-16(31)23(22(17)32)37-26-25-27(35-13-34-26)44-28(38-25)41-14-36-24-18(4-2-5-19(24)41)40-11-9-33-10-12-40/h1-8,13-14,33,39H,9-12H2,(H,34,35,37). The summed E-state index contributed by atoms with van der Waals surface area (Å²) < 4.78 is 60.6. The number of hydrogen-bond donors (Lipinski definition) is 3. The summed E-state index contributed by atoms with van der Waals surface area (Å²) in [4.78, 5) is 20.2. The van der Waals surface area contributed by atoms with Gasteiger partial charge < -0.3 is 15.5 Å². The number of benzene rings is 3. The van der Waals surface area contributed by atoms with Crippen molar-refractivity contribution in [3.63, 3.8) is 0 Å². The number of sulfonamides is 1. The molecule has 0 atom stereocenters. The monoisotopic (exact) mass is 687 g/mol. The van der Waals surface area contributed by atoms with E-state index in [0.29, 0.717) is 9.96 Å². The van der Waals surface area contributed by atoms with Gasteiger partial charge in [0.05, 0.1) is 26.9 Å². The smallest absolute Gasteiger partial charge is 0.263 e. The lowest BCUT2D eigenvalue weighted by molar-refractivity contribution is 0.588. The van der Waals surface area contributed by atoms with Gasteiger partial charge in [0.2, 0.25) is 0 Å². The Morgan fingerprint density at radius 2 is 1.76 bits per heavy atom. The van der Waals surface area contributed by atoms with Crippen LogP contribution in [0.25, 0.3) is 26.5 Å². The molecule has 17 heteroatoms. The molecule has 0 amide bonds. The van der Waals surface area contributed by atoms with E-state index in [1.165, 1.54) is 35.9 Å². The molecule has 0 unspecified atom stereocenters. The summed E-state index contributed by atoms with van der Waals surface area (Å²) in [6.45, 7) is 3.50. The van der Waals surface area contributed by atoms with Gasteiger partial charge in [-0.1, -0.05) is 46.7 Å². The number of aromatic nitrogens is 5. The molecule has 1 aliphatic heterocycles. The van der Waals surface area contributed by atoms with Gasteiger partial charge in [-0.2, -0.15) is 0 Å². The second kappa shape index (κ2) is 11.7. The quantitative estimate of drug-likeness (QED) is 0.186. The number of nitrogens with zero attached hydrogens (tertiary/aromatic N) is 6. The maximum Gasteiger partial charge on any atom is 0.263 e. The minimum Gasteiger partial charge on any atom is -0.367 e. The first-order valence-corrected chi connectivity index (χ1v) is 16.5. The first-order valence-electron chi connectivity index (χ1n) is 13.5. The minimum absolute atomic E-state index is 0.000525. The van der Waals surface area contributed by atoms with Crippen molar-refractivity contribution in [2.45, 2.75) is 4.90 Å². The van der Waals surface area contributed by atoms with E-state index in [0.717, 1.165) is 55.0 Å². The molecule has 7 rings (SSSR count). The normalized spacial score (nSPS) is 13.9. The van der Waals surface area contributed by atoms with Crippen LogP contribution in [-0.4, -0.2) is 59.1 Å². The SMILES string of the molecule is O=S(=O)(Nc1ccc(F)c(Nc2ncnc3sc(-n4cnc5c(N6CCNCC6)cccc54)nc23)c1F)c1cccc(Cl)c1Cl. The van der Waals surface area contributed by atoms with Crippen molar-refractivity contribution in [1.82, 2.24) is 29.8 Å². The zero-order chi connectivity index (χ0) is 31.3. The highest BCUT2D eigenvalue weighted by atomic mass is 35.5. The van der Waals surface area contributed by atoms with E-state index in [9.17, 15) is 12.8 Å². The summed E-state index contributed by atoms with van der Waals surface area (Å²) in [5.74, 6) is -2.18. The molecule has 3 aromatic heterocycles. The molecule has 6 aromatic rings. The number of fused-ring (bicyclic) bond motifs is 2. The Morgan fingerprint density at radius 1 is 0.956 bits per heavy atom. The highest BCUT2D eigenvalue weighted by molar-refractivity contribution is 7.92. The number of piperazine rings is 1. The summed E-state index contributed by atoms with van der Waals surface area (Å²) in [5, 5.41) is 6.28. The number of anilines is 4. The number of imidazole rings is 1. The fourth-order valence-electron chi connectivity index (χ4n) is 5.03. The largest absolute Gasteiger partial charge is 0.367 e. The predicted molar refractivity (Wildman–Crippen MR) is 172 cm³/mol. The first-order chi connectivity index (χ1) is 21.7. The van der Waals surface area contributed by atoms with E-state index in [1.807, 2.05) is 22.8 Å². The summed E-state index contributed by atoms with van der Waals surface area (Å²) >= 11 is 13.3. The van der Waals surface area contributed by atoms with Crippen molar-refractivity contribution in [2.24, 2.45) is 0 Å². The molecular formula is C28H21Cl2F2N9O2S2. The zero-order valence-electron chi connectivity index (χ0n) is 22.9. The fraction of sp³-hybridized carbons (Fsp3) is 0.143. The molecule has 0 radical (unpaired) electrons. The number of rotatable bonds is 7. The van der Waals surface area contributed by atoms with Crippen LogP contribution in [0.3, 0.4) is 0 Å². The van der Waals surface area contributed by atoms with Crippen molar-refractivity contribution in [3.8, 4) is 5.13 Å². The Bertz CT molecular complexity index is 2210. The fourth-order valence-corrected chi connectivity index (χ4v) is 7.74. The topological polar surface area (TPSA) is 130 Å². The molecule has 0 bridgehead atoms. The van der Waals surface area contributed by atoms with E-state index in [2.05, 4.69) is 40.2 Å². The van der Waals surface area contributed by atoms with E-state index in [-0.39, 0.29) is 26.3 Å². The van der Waals surface area contributed by atoms with Gasteiger partial charge in [-0.15, -0.1) is 0 Å². The van der Waals surface area contributed by atoms with Gasteiger partial charge >= 0.3 is 0 Å². The Kier molecular flexibility index (Phi) is 7.65. The van der Waals surface area contributed by atoms with Crippen molar-refractivity contribution >= 4 is 88.8 Å². The maximum absolute atomic E-state index is 15.7. The molecule has 1 aliphatic rings. The zero-order valence-corrected chi connectivity index (χ0v) is 26.1. The van der Waals surface area contributed by atoms with Crippen LogP contribution in [0, 0.1) is 11.6 Å². The van der Waals surface area contributed by atoms with Crippen molar-refractivity contribution in [1.29, 1.82) is 0 Å². The van der Waals surface area contributed by atoms with Crippen molar-refractivity contribution in [2.75, 3.05) is 41.1 Å². The average molecular weight is 689 g/mol. The maximum atomic E-state index is 15.7. The van der Waals surface area contributed by atoms with Crippen LogP contribution >= 0.6 is 34.5 Å². The highest BCUT2D eigenvalue weighted by Crippen LogP contribution is 2.36. The van der Waals surface area contributed by atoms with E-state index in [4.69, 9.17) is 23.2 Å². The molecule has 3 aromatic carbocycles. The van der Waals surface area contributed by atoms with Gasteiger partial charge in [-0.05, 0) is 36.4 Å². The summed E-state index contributed by atoms with van der Waals surface area (Å²) in [6.07, 6.45) is 2.92. The van der Waals surface area contributed by atoms with Crippen molar-refractivity contribution < 1.29 is 17.2 Å². The molecule has 230 valence electrons. The summed E-state index contributed by atoms with van der Waals surface area (Å²) in [6, 6.07) is 11.8. The number of thiazole rings is 1. The molecule has 0 saturated carbocycles. The third-order valence-corrected chi connectivity index (χ3v) is 10.5. The molecule has 45 heavy (non-hydrogen) atoms. The first kappa shape index (κ1) is 29.6. The summed E-state index contributed by atoms with van der Waals surface area (Å²) in [7, 11) is -4.38. The second-order valence-electron chi connectivity index (χ2n) is 9.94. The van der Waals surface area contributed by atoms with Crippen LogP contribution in [0.4, 0.5) is 31.7 Å². The van der Waals surface area contributed by atoms with Crippen LogP contribution in [0.2, 0.25) is 10.0 Å². The number of halogens is 4. The van der Waals surface area contributed by atoms with Crippen LogP contribution in [-0.2, 0) is 10.0 Å². The Morgan fingerprint density at radius 3 is 2.58 bits per heavy atom. The second-order valence-corrected chi connectivity index (χ2v) is 13.3. The number of para-hydroxylation sites is 1. The molecule has 3 N–H and O–H groups in total. The molecule has 0 spiro atoms. The average Bonchev–Trinajstić information content (AvgIpc) is 3.67. The van der Waals surface area contributed by atoms with Gasteiger partial charge in [-0.3, -0.25) is 9.29 Å². The Hall–Kier alpha value is -4.15. The van der Waals surface area contributed by atoms with E-state index >= 15 is 4.39 Å². The molecular weight excluding hydrogens is 667 g/mol. The van der Waals surface area contributed by atoms with Crippen LogP contribution in [0.5, 0.6) is 0 Å². The lowest BCUT2D eigenvalue weighted by Gasteiger charge is -2.29. The number of nitrogens with one attached hydrogen (secondary N) is 3. The van der Waals surface area contributed by atoms with Gasteiger partial charge in [0.25, 0.3) is 10.0 Å². The third kappa shape index (κ3) is 5.40. The molecule has 11 nitrogen and oxygen atoms in total. The van der Waals surface area contributed by atoms with Crippen LogP contribution in [0.1, 0.15) is 0 Å². The molecule has 4 heterocycles. The molecule has 0 aliphatic carbocycles. The minimum atomic E-state index is -4.38. The van der Waals surface area contributed by atoms with Gasteiger partial charge in [0.1, 0.15) is 40.1 Å². The van der Waals surface area contributed by atoms with Crippen molar-refractivity contribution in [3.05, 3.63) is 82.9 Å². The number of hydrogen-bond acceptors (Lipinski definition) is 10. The molecule has 1 saturated heterocycles. The third-order valence-electron chi connectivity index (χ3n) is 7.19. The van der Waals surface area contributed by atoms with Gasteiger partial charge in [-0.25, -0.2) is 37.1 Å². The Labute approximate surface area is 268 Å². The molecule has 1 fully saturated rings. The van der Waals surface area contributed by atoms with E-state index < -0.39 is 33.0 Å². The van der Waals surface area contributed by atoms with Crippen LogP contribution < -0.4 is 20.3 Å². The lowest BCUT2D eigenvalue weighted by atomic mass is 10.2. The van der Waals surface area contributed by atoms with E-state index in [1.54, 1.807) is 6.33 Å². The van der Waals surface area contributed by atoms with Gasteiger partial charge in [0.15, 0.2) is 21.6 Å². The Balaban J connectivity index is 1.23.